The molecular formula is C7H5Br2F2N. The summed E-state index contributed by atoms with van der Waals surface area (Å²) in [5.41, 5.74) is 0.658. The third-order valence-corrected chi connectivity index (χ3v) is 2.53. The highest BCUT2D eigenvalue weighted by Crippen LogP contribution is 2.24. The fourth-order valence-electron chi connectivity index (χ4n) is 0.699. The van der Waals surface area contributed by atoms with Crippen molar-refractivity contribution in [3.8, 4) is 0 Å². The highest BCUT2D eigenvalue weighted by atomic mass is 79.9. The highest BCUT2D eigenvalue weighted by Gasteiger charge is 2.09. The lowest BCUT2D eigenvalue weighted by molar-refractivity contribution is 0.151. The van der Waals surface area contributed by atoms with Gasteiger partial charge in [-0.3, -0.25) is 4.98 Å². The second-order valence-corrected chi connectivity index (χ2v) is 3.55. The molecule has 1 rings (SSSR count). The van der Waals surface area contributed by atoms with Crippen LogP contribution >= 0.6 is 31.9 Å². The molecule has 1 nitrogen and oxygen atoms in total. The van der Waals surface area contributed by atoms with E-state index in [2.05, 4.69) is 36.8 Å². The predicted molar refractivity (Wildman–Crippen MR) is 49.5 cm³/mol. The average Bonchev–Trinajstić information content (AvgIpc) is 2.04. The van der Waals surface area contributed by atoms with Crippen molar-refractivity contribution in [3.05, 3.63) is 28.0 Å². The molecule has 0 saturated carbocycles. The molecule has 0 fully saturated rings. The number of hydrogen-bond acceptors (Lipinski definition) is 1. The number of pyridine rings is 1. The van der Waals surface area contributed by atoms with Crippen molar-refractivity contribution in [2.24, 2.45) is 0 Å². The van der Waals surface area contributed by atoms with Crippen LogP contribution in [-0.4, -0.2) is 4.98 Å². The van der Waals surface area contributed by atoms with Gasteiger partial charge in [0.1, 0.15) is 0 Å². The summed E-state index contributed by atoms with van der Waals surface area (Å²) in [4.78, 5) is 3.84. The second-order valence-electron chi connectivity index (χ2n) is 2.13. The van der Waals surface area contributed by atoms with Gasteiger partial charge in [-0.2, -0.15) is 0 Å². The van der Waals surface area contributed by atoms with Gasteiger partial charge in [-0.25, -0.2) is 8.78 Å². The van der Waals surface area contributed by atoms with E-state index in [4.69, 9.17) is 0 Å². The summed E-state index contributed by atoms with van der Waals surface area (Å²) < 4.78 is 24.8. The van der Waals surface area contributed by atoms with E-state index in [1.807, 2.05) is 0 Å². The number of halogens is 4. The van der Waals surface area contributed by atoms with Crippen molar-refractivity contribution in [3.63, 3.8) is 0 Å². The molecule has 0 saturated heterocycles. The number of rotatable bonds is 2. The summed E-state index contributed by atoms with van der Waals surface area (Å²) in [5, 5.41) is 0.553. The minimum Gasteiger partial charge on any atom is -0.259 e. The van der Waals surface area contributed by atoms with Gasteiger partial charge in [0.25, 0.3) is 6.43 Å². The van der Waals surface area contributed by atoms with Crippen molar-refractivity contribution in [1.82, 2.24) is 4.98 Å². The Hall–Kier alpha value is -0.0300. The summed E-state index contributed by atoms with van der Waals surface area (Å²) >= 11 is 6.34. The molecule has 0 spiro atoms. The van der Waals surface area contributed by atoms with Gasteiger partial charge in [0, 0.05) is 21.6 Å². The Labute approximate surface area is 85.4 Å². The first kappa shape index (κ1) is 10.1. The smallest absolute Gasteiger partial charge is 0.259 e. The van der Waals surface area contributed by atoms with E-state index >= 15 is 0 Å². The molecular weight excluding hydrogens is 296 g/mol. The normalized spacial score (nSPS) is 10.8. The minimum atomic E-state index is -2.46. The molecule has 12 heavy (non-hydrogen) atoms. The van der Waals surface area contributed by atoms with Gasteiger partial charge in [-0.1, -0.05) is 15.9 Å². The molecule has 0 aliphatic rings. The fraction of sp³-hybridized carbons (Fsp3) is 0.286. The molecule has 0 atom stereocenters. The lowest BCUT2D eigenvalue weighted by atomic mass is 10.3. The lowest BCUT2D eigenvalue weighted by Crippen LogP contribution is -1.91. The number of aromatic nitrogens is 1. The molecule has 0 bridgehead atoms. The van der Waals surface area contributed by atoms with Crippen molar-refractivity contribution >= 4 is 31.9 Å². The van der Waals surface area contributed by atoms with Crippen LogP contribution in [0, 0.1) is 0 Å². The van der Waals surface area contributed by atoms with Gasteiger partial charge in [0.05, 0.1) is 5.69 Å². The number of hydrogen-bond donors (Lipinski definition) is 0. The van der Waals surface area contributed by atoms with Gasteiger partial charge in [0.2, 0.25) is 0 Å². The highest BCUT2D eigenvalue weighted by molar-refractivity contribution is 9.10. The summed E-state index contributed by atoms with van der Waals surface area (Å²) in [6.45, 7) is 0. The molecule has 0 unspecified atom stereocenters. The molecule has 0 aliphatic heterocycles. The summed E-state index contributed by atoms with van der Waals surface area (Å²) in [6, 6.07) is 1.38. The Bertz CT molecular complexity index is 278. The zero-order valence-electron chi connectivity index (χ0n) is 5.90. The molecule has 66 valence electrons. The third kappa shape index (κ3) is 2.23. The molecule has 0 amide bonds. The monoisotopic (exact) mass is 299 g/mol. The Kier molecular flexibility index (Phi) is 3.58. The molecule has 0 N–H and O–H groups in total. The first-order chi connectivity index (χ1) is 5.65. The van der Waals surface area contributed by atoms with E-state index in [1.54, 1.807) is 0 Å². The van der Waals surface area contributed by atoms with E-state index in [-0.39, 0.29) is 5.56 Å². The van der Waals surface area contributed by atoms with Crippen LogP contribution in [0.15, 0.2) is 16.7 Å². The lowest BCUT2D eigenvalue weighted by Gasteiger charge is -2.02. The molecule has 0 radical (unpaired) electrons. The first-order valence-electron chi connectivity index (χ1n) is 3.13. The van der Waals surface area contributed by atoms with Crippen molar-refractivity contribution in [2.75, 3.05) is 0 Å². The van der Waals surface area contributed by atoms with Crippen LogP contribution in [0.5, 0.6) is 0 Å². The van der Waals surface area contributed by atoms with Crippen LogP contribution in [0.4, 0.5) is 8.78 Å². The molecule has 1 heterocycles. The van der Waals surface area contributed by atoms with E-state index in [1.165, 1.54) is 12.3 Å². The zero-order chi connectivity index (χ0) is 9.14. The van der Waals surface area contributed by atoms with Crippen LogP contribution in [0.1, 0.15) is 17.7 Å². The Balaban J connectivity index is 3.02. The summed E-state index contributed by atoms with van der Waals surface area (Å²) in [7, 11) is 0. The molecule has 5 heteroatoms. The third-order valence-electron chi connectivity index (χ3n) is 1.32. The summed E-state index contributed by atoms with van der Waals surface area (Å²) in [6.07, 6.45) is -1.27. The quantitative estimate of drug-likeness (QED) is 0.759. The van der Waals surface area contributed by atoms with Crippen LogP contribution < -0.4 is 0 Å². The van der Waals surface area contributed by atoms with E-state index < -0.39 is 6.43 Å². The summed E-state index contributed by atoms with van der Waals surface area (Å²) in [5.74, 6) is 0. The van der Waals surface area contributed by atoms with Gasteiger partial charge in [-0.15, -0.1) is 0 Å². The maximum absolute atomic E-state index is 12.1. The number of alkyl halides is 3. The number of nitrogens with zero attached hydrogens (tertiary/aromatic N) is 1. The maximum Gasteiger partial charge on any atom is 0.265 e. The molecule has 0 aliphatic carbocycles. The van der Waals surface area contributed by atoms with Crippen LogP contribution in [0.3, 0.4) is 0 Å². The van der Waals surface area contributed by atoms with Crippen LogP contribution in [0.2, 0.25) is 0 Å². The molecule has 1 aromatic rings. The van der Waals surface area contributed by atoms with E-state index in [9.17, 15) is 8.78 Å². The predicted octanol–water partition coefficient (Wildman–Crippen LogP) is 3.68. The average molecular weight is 301 g/mol. The van der Waals surface area contributed by atoms with E-state index in [0.717, 1.165) is 5.69 Å². The maximum atomic E-state index is 12.1. The molecule has 1 aromatic heterocycles. The van der Waals surface area contributed by atoms with Gasteiger partial charge < -0.3 is 0 Å². The van der Waals surface area contributed by atoms with Crippen molar-refractivity contribution in [2.45, 2.75) is 11.8 Å². The minimum absolute atomic E-state index is 0.0634. The van der Waals surface area contributed by atoms with Gasteiger partial charge in [-0.05, 0) is 22.0 Å². The van der Waals surface area contributed by atoms with Gasteiger partial charge in [0.15, 0.2) is 0 Å². The Morgan fingerprint density at radius 2 is 2.17 bits per heavy atom. The zero-order valence-corrected chi connectivity index (χ0v) is 9.07. The Morgan fingerprint density at radius 1 is 1.50 bits per heavy atom. The van der Waals surface area contributed by atoms with E-state index in [0.29, 0.717) is 9.80 Å². The van der Waals surface area contributed by atoms with Crippen LogP contribution in [0.25, 0.3) is 0 Å². The SMILES string of the molecule is FC(F)c1cnc(CBr)c(Br)c1. The fourth-order valence-corrected chi connectivity index (χ4v) is 2.03. The first-order valence-corrected chi connectivity index (χ1v) is 5.05. The Morgan fingerprint density at radius 3 is 2.58 bits per heavy atom. The van der Waals surface area contributed by atoms with Crippen molar-refractivity contribution < 1.29 is 8.78 Å². The van der Waals surface area contributed by atoms with Gasteiger partial charge >= 0.3 is 0 Å². The topological polar surface area (TPSA) is 12.9 Å². The largest absolute Gasteiger partial charge is 0.265 e. The van der Waals surface area contributed by atoms with Crippen LogP contribution in [-0.2, 0) is 5.33 Å². The standard InChI is InChI=1S/C7H5Br2F2N/c8-2-6-5(9)1-4(3-12-6)7(10)11/h1,3,7H,2H2. The van der Waals surface area contributed by atoms with Crippen molar-refractivity contribution in [1.29, 1.82) is 0 Å². The molecule has 0 aromatic carbocycles. The second kappa shape index (κ2) is 4.28.